The van der Waals surface area contributed by atoms with Crippen LogP contribution in [0.5, 0.6) is 5.75 Å². The Morgan fingerprint density at radius 1 is 1.03 bits per heavy atom. The number of rotatable bonds is 8. The highest BCUT2D eigenvalue weighted by Crippen LogP contribution is 2.31. The van der Waals surface area contributed by atoms with Gasteiger partial charge in [-0.3, -0.25) is 9.10 Å². The molecule has 6 nitrogen and oxygen atoms in total. The number of ether oxygens (including phenoxy) is 1. The molecule has 0 saturated carbocycles. The molecule has 1 amide bonds. The van der Waals surface area contributed by atoms with E-state index in [1.807, 2.05) is 6.07 Å². The Morgan fingerprint density at radius 3 is 2.35 bits per heavy atom. The molecule has 0 atom stereocenters. The largest absolute Gasteiger partial charge is 0.495 e. The number of nitrogens with zero attached hydrogens (tertiary/aromatic N) is 1. The van der Waals surface area contributed by atoms with Crippen LogP contribution in [0.4, 0.5) is 11.4 Å². The fourth-order valence-corrected chi connectivity index (χ4v) is 4.87. The Labute approximate surface area is 187 Å². The normalized spacial score (nSPS) is 11.1. The summed E-state index contributed by atoms with van der Waals surface area (Å²) in [6, 6.07) is 20.3. The van der Waals surface area contributed by atoms with Crippen LogP contribution in [-0.2, 0) is 21.2 Å². The van der Waals surface area contributed by atoms with Crippen molar-refractivity contribution >= 4 is 38.9 Å². The molecule has 3 aromatic rings. The maximum atomic E-state index is 13.3. The fourth-order valence-electron chi connectivity index (χ4n) is 3.17. The second-order valence-electron chi connectivity index (χ2n) is 6.68. The monoisotopic (exact) mass is 458 g/mol. The number of methoxy groups -OCH3 is 1. The maximum absolute atomic E-state index is 13.3. The van der Waals surface area contributed by atoms with Gasteiger partial charge in [0.15, 0.2) is 0 Å². The van der Waals surface area contributed by atoms with Crippen LogP contribution in [0.15, 0.2) is 77.7 Å². The third kappa shape index (κ3) is 5.18. The maximum Gasteiger partial charge on any atom is 0.264 e. The van der Waals surface area contributed by atoms with Crippen LogP contribution in [0.1, 0.15) is 12.5 Å². The van der Waals surface area contributed by atoms with Crippen LogP contribution in [0.2, 0.25) is 5.02 Å². The SMILES string of the molecule is CCN(c1ccccc1)S(=O)(=O)c1ccc(OC)c(NC(=O)Cc2ccccc2Cl)c1. The van der Waals surface area contributed by atoms with Crippen LogP contribution >= 0.6 is 11.6 Å². The van der Waals surface area contributed by atoms with E-state index in [1.165, 1.54) is 29.6 Å². The zero-order valence-electron chi connectivity index (χ0n) is 17.2. The van der Waals surface area contributed by atoms with Gasteiger partial charge in [-0.15, -0.1) is 0 Å². The predicted octanol–water partition coefficient (Wildman–Crippen LogP) is 4.75. The molecular weight excluding hydrogens is 436 g/mol. The van der Waals surface area contributed by atoms with Gasteiger partial charge in [0, 0.05) is 11.6 Å². The number of amides is 1. The van der Waals surface area contributed by atoms with Crippen molar-refractivity contribution in [2.24, 2.45) is 0 Å². The smallest absolute Gasteiger partial charge is 0.264 e. The van der Waals surface area contributed by atoms with Gasteiger partial charge in [0.05, 0.1) is 29.8 Å². The average Bonchev–Trinajstić information content (AvgIpc) is 2.76. The van der Waals surface area contributed by atoms with Gasteiger partial charge in [0.2, 0.25) is 5.91 Å². The first-order valence-corrected chi connectivity index (χ1v) is 11.5. The van der Waals surface area contributed by atoms with Crippen LogP contribution in [0.3, 0.4) is 0 Å². The van der Waals surface area contributed by atoms with Gasteiger partial charge in [-0.05, 0) is 48.9 Å². The molecule has 3 rings (SSSR count). The van der Waals surface area contributed by atoms with Crippen molar-refractivity contribution in [2.45, 2.75) is 18.2 Å². The minimum Gasteiger partial charge on any atom is -0.495 e. The van der Waals surface area contributed by atoms with Gasteiger partial charge in [-0.25, -0.2) is 8.42 Å². The molecule has 0 aromatic heterocycles. The summed E-state index contributed by atoms with van der Waals surface area (Å²) in [4.78, 5) is 12.6. The van der Waals surface area contributed by atoms with Gasteiger partial charge in [-0.1, -0.05) is 48.0 Å². The number of halogens is 1. The molecule has 162 valence electrons. The van der Waals surface area contributed by atoms with Crippen molar-refractivity contribution in [1.82, 2.24) is 0 Å². The summed E-state index contributed by atoms with van der Waals surface area (Å²) in [6.45, 7) is 2.02. The second-order valence-corrected chi connectivity index (χ2v) is 8.95. The first kappa shape index (κ1) is 22.7. The lowest BCUT2D eigenvalue weighted by Gasteiger charge is -2.23. The van der Waals surface area contributed by atoms with Gasteiger partial charge in [-0.2, -0.15) is 0 Å². The van der Waals surface area contributed by atoms with E-state index in [0.717, 1.165) is 0 Å². The van der Waals surface area contributed by atoms with E-state index in [0.29, 0.717) is 22.0 Å². The molecule has 0 aliphatic carbocycles. The number of sulfonamides is 1. The minimum absolute atomic E-state index is 0.0465. The van der Waals surface area contributed by atoms with Crippen molar-refractivity contribution in [1.29, 1.82) is 0 Å². The number of hydrogen-bond donors (Lipinski definition) is 1. The number of para-hydroxylation sites is 1. The lowest BCUT2D eigenvalue weighted by molar-refractivity contribution is -0.115. The van der Waals surface area contributed by atoms with Gasteiger partial charge in [0.25, 0.3) is 10.0 Å². The number of carbonyl (C=O) groups excluding carboxylic acids is 1. The summed E-state index contributed by atoms with van der Waals surface area (Å²) in [6.07, 6.45) is 0.0465. The zero-order chi connectivity index (χ0) is 22.4. The Kier molecular flexibility index (Phi) is 7.20. The summed E-state index contributed by atoms with van der Waals surface area (Å²) in [7, 11) is -2.39. The zero-order valence-corrected chi connectivity index (χ0v) is 18.8. The van der Waals surface area contributed by atoms with Crippen LogP contribution < -0.4 is 14.4 Å². The van der Waals surface area contributed by atoms with E-state index in [1.54, 1.807) is 55.5 Å². The number of carbonyl (C=O) groups is 1. The summed E-state index contributed by atoms with van der Waals surface area (Å²) < 4.78 is 33.2. The Balaban J connectivity index is 1.91. The van der Waals surface area contributed by atoms with E-state index in [9.17, 15) is 13.2 Å². The van der Waals surface area contributed by atoms with E-state index < -0.39 is 10.0 Å². The summed E-state index contributed by atoms with van der Waals surface area (Å²) in [5.74, 6) is 0.0190. The third-order valence-corrected chi connectivity index (χ3v) is 6.94. The lowest BCUT2D eigenvalue weighted by Crippen LogP contribution is -2.30. The molecule has 3 aromatic carbocycles. The third-order valence-electron chi connectivity index (χ3n) is 4.67. The number of benzene rings is 3. The quantitative estimate of drug-likeness (QED) is 0.528. The second kappa shape index (κ2) is 9.85. The van der Waals surface area contributed by atoms with Crippen molar-refractivity contribution in [3.05, 3.63) is 83.4 Å². The van der Waals surface area contributed by atoms with E-state index in [-0.39, 0.29) is 29.5 Å². The molecule has 0 radical (unpaired) electrons. The highest BCUT2D eigenvalue weighted by molar-refractivity contribution is 7.92. The molecule has 1 N–H and O–H groups in total. The Morgan fingerprint density at radius 2 is 1.71 bits per heavy atom. The highest BCUT2D eigenvalue weighted by atomic mass is 35.5. The molecule has 0 unspecified atom stereocenters. The average molecular weight is 459 g/mol. The molecule has 0 saturated heterocycles. The first-order valence-electron chi connectivity index (χ1n) is 9.66. The standard InChI is InChI=1S/C23H23ClN2O4S/c1-3-26(18-10-5-4-6-11-18)31(28,29)19-13-14-22(30-2)21(16-19)25-23(27)15-17-9-7-8-12-20(17)24/h4-14,16H,3,15H2,1-2H3,(H,25,27). The van der Waals surface area contributed by atoms with Crippen molar-refractivity contribution in [3.8, 4) is 5.75 Å². The molecule has 0 heterocycles. The molecule has 0 aliphatic rings. The van der Waals surface area contributed by atoms with Gasteiger partial charge >= 0.3 is 0 Å². The summed E-state index contributed by atoms with van der Waals surface area (Å²) in [5.41, 5.74) is 1.50. The molecule has 8 heteroatoms. The van der Waals surface area contributed by atoms with Gasteiger partial charge in [0.1, 0.15) is 5.75 Å². The minimum atomic E-state index is -3.85. The van der Waals surface area contributed by atoms with Crippen molar-refractivity contribution in [2.75, 3.05) is 23.3 Å². The van der Waals surface area contributed by atoms with Crippen LogP contribution in [0, 0.1) is 0 Å². The predicted molar refractivity (Wildman–Crippen MR) is 123 cm³/mol. The summed E-state index contributed by atoms with van der Waals surface area (Å²) in [5, 5.41) is 3.23. The highest BCUT2D eigenvalue weighted by Gasteiger charge is 2.25. The lowest BCUT2D eigenvalue weighted by atomic mass is 10.1. The van der Waals surface area contributed by atoms with Crippen LogP contribution in [0.25, 0.3) is 0 Å². The number of hydrogen-bond acceptors (Lipinski definition) is 4. The molecule has 0 aliphatic heterocycles. The first-order chi connectivity index (χ1) is 14.9. The van der Waals surface area contributed by atoms with Crippen LogP contribution in [-0.4, -0.2) is 28.0 Å². The molecule has 0 spiro atoms. The van der Waals surface area contributed by atoms with Crippen molar-refractivity contribution < 1.29 is 17.9 Å². The van der Waals surface area contributed by atoms with Gasteiger partial charge < -0.3 is 10.1 Å². The molecular formula is C23H23ClN2O4S. The van der Waals surface area contributed by atoms with E-state index in [4.69, 9.17) is 16.3 Å². The van der Waals surface area contributed by atoms with E-state index in [2.05, 4.69) is 5.32 Å². The molecule has 31 heavy (non-hydrogen) atoms. The molecule has 0 fully saturated rings. The Bertz CT molecular complexity index is 1170. The topological polar surface area (TPSA) is 75.7 Å². The van der Waals surface area contributed by atoms with E-state index >= 15 is 0 Å². The number of anilines is 2. The number of nitrogens with one attached hydrogen (secondary N) is 1. The Hall–Kier alpha value is -3.03. The fraction of sp³-hybridized carbons (Fsp3) is 0.174. The summed E-state index contributed by atoms with van der Waals surface area (Å²) >= 11 is 6.13. The van der Waals surface area contributed by atoms with Crippen molar-refractivity contribution in [3.63, 3.8) is 0 Å². The molecule has 0 bridgehead atoms.